The van der Waals surface area contributed by atoms with Gasteiger partial charge < -0.3 is 10.1 Å². The van der Waals surface area contributed by atoms with Crippen molar-refractivity contribution in [2.45, 2.75) is 11.3 Å². The number of rotatable bonds is 8. The summed E-state index contributed by atoms with van der Waals surface area (Å²) in [5, 5.41) is 13.6. The molecule has 1 rings (SSSR count). The Balaban J connectivity index is 0.00000400. The lowest BCUT2D eigenvalue weighted by Gasteiger charge is -2.08. The summed E-state index contributed by atoms with van der Waals surface area (Å²) in [5.74, 6) is -0.0897. The number of sulfonamides is 1. The Morgan fingerprint density at radius 2 is 2.00 bits per heavy atom. The molecule has 0 bridgehead atoms. The predicted molar refractivity (Wildman–Crippen MR) is 80.6 cm³/mol. The van der Waals surface area contributed by atoms with Crippen LogP contribution >= 0.6 is 12.4 Å². The van der Waals surface area contributed by atoms with Crippen molar-refractivity contribution < 1.29 is 18.1 Å². The van der Waals surface area contributed by atoms with Crippen molar-refractivity contribution in [2.75, 3.05) is 27.2 Å². The van der Waals surface area contributed by atoms with Gasteiger partial charge in [0.2, 0.25) is 10.0 Å². The van der Waals surface area contributed by atoms with E-state index in [1.165, 1.54) is 13.2 Å². The molecule has 10 heteroatoms. The molecular formula is C11H18ClN3O5S. The van der Waals surface area contributed by atoms with E-state index in [4.69, 9.17) is 4.74 Å². The van der Waals surface area contributed by atoms with Gasteiger partial charge in [0.05, 0.1) is 16.9 Å². The lowest BCUT2D eigenvalue weighted by Crippen LogP contribution is -2.26. The van der Waals surface area contributed by atoms with Gasteiger partial charge in [-0.3, -0.25) is 10.1 Å². The molecule has 0 aliphatic rings. The maximum absolute atomic E-state index is 12.0. The van der Waals surface area contributed by atoms with Crippen molar-refractivity contribution in [2.24, 2.45) is 0 Å². The summed E-state index contributed by atoms with van der Waals surface area (Å²) in [6.45, 7) is 0.967. The van der Waals surface area contributed by atoms with Crippen LogP contribution in [0.4, 0.5) is 5.69 Å². The fourth-order valence-corrected chi connectivity index (χ4v) is 2.62. The van der Waals surface area contributed by atoms with Crippen LogP contribution in [0, 0.1) is 10.1 Å². The topological polar surface area (TPSA) is 111 Å². The van der Waals surface area contributed by atoms with Gasteiger partial charge in [-0.25, -0.2) is 13.1 Å². The molecule has 0 saturated carbocycles. The van der Waals surface area contributed by atoms with Gasteiger partial charge in [-0.15, -0.1) is 12.4 Å². The molecule has 21 heavy (non-hydrogen) atoms. The Bertz CT molecular complexity index is 579. The zero-order valence-electron chi connectivity index (χ0n) is 11.7. The van der Waals surface area contributed by atoms with E-state index in [9.17, 15) is 18.5 Å². The van der Waals surface area contributed by atoms with Crippen LogP contribution in [-0.4, -0.2) is 40.6 Å². The van der Waals surface area contributed by atoms with Gasteiger partial charge in [-0.1, -0.05) is 0 Å². The van der Waals surface area contributed by atoms with E-state index < -0.39 is 14.9 Å². The molecular weight excluding hydrogens is 322 g/mol. The zero-order valence-corrected chi connectivity index (χ0v) is 13.3. The first-order chi connectivity index (χ1) is 9.42. The minimum atomic E-state index is -3.70. The van der Waals surface area contributed by atoms with Gasteiger partial charge in [0.25, 0.3) is 0 Å². The summed E-state index contributed by atoms with van der Waals surface area (Å²) in [6, 6.07) is 3.43. The zero-order chi connectivity index (χ0) is 15.2. The van der Waals surface area contributed by atoms with Gasteiger partial charge >= 0.3 is 5.69 Å². The first kappa shape index (κ1) is 19.6. The molecule has 2 N–H and O–H groups in total. The Kier molecular flexibility index (Phi) is 8.18. The number of nitro groups is 1. The molecule has 0 heterocycles. The summed E-state index contributed by atoms with van der Waals surface area (Å²) in [4.78, 5) is 10.0. The molecule has 0 saturated heterocycles. The third kappa shape index (κ3) is 5.46. The number of halogens is 1. The van der Waals surface area contributed by atoms with E-state index in [0.717, 1.165) is 12.1 Å². The van der Waals surface area contributed by atoms with Crippen LogP contribution in [-0.2, 0) is 10.0 Å². The number of ether oxygens (including phenoxy) is 1. The maximum atomic E-state index is 12.0. The van der Waals surface area contributed by atoms with Gasteiger partial charge in [-0.2, -0.15) is 0 Å². The minimum Gasteiger partial charge on any atom is -0.490 e. The van der Waals surface area contributed by atoms with Gasteiger partial charge in [0.15, 0.2) is 5.75 Å². The highest BCUT2D eigenvalue weighted by atomic mass is 35.5. The second-order valence-corrected chi connectivity index (χ2v) is 5.71. The first-order valence-electron chi connectivity index (χ1n) is 5.89. The summed E-state index contributed by atoms with van der Waals surface area (Å²) >= 11 is 0. The summed E-state index contributed by atoms with van der Waals surface area (Å²) in [7, 11) is -0.674. The highest BCUT2D eigenvalue weighted by molar-refractivity contribution is 7.89. The van der Waals surface area contributed by atoms with Gasteiger partial charge in [-0.05, 0) is 26.1 Å². The van der Waals surface area contributed by atoms with Gasteiger partial charge in [0, 0.05) is 18.7 Å². The van der Waals surface area contributed by atoms with Crippen LogP contribution in [0.1, 0.15) is 6.42 Å². The van der Waals surface area contributed by atoms with E-state index in [0.29, 0.717) is 13.0 Å². The van der Waals surface area contributed by atoms with E-state index in [1.54, 1.807) is 7.05 Å². The largest absolute Gasteiger partial charge is 0.490 e. The number of benzene rings is 1. The lowest BCUT2D eigenvalue weighted by atomic mass is 10.3. The standard InChI is InChI=1S/C11H17N3O5S.ClH/c1-12-6-3-7-13-20(17,18)9-4-5-10(14(15)16)11(8-9)19-2;/h4-5,8,12-13H,3,6-7H2,1-2H3;1H. The van der Waals surface area contributed by atoms with Crippen LogP contribution in [0.25, 0.3) is 0 Å². The molecule has 0 aliphatic heterocycles. The quantitative estimate of drug-likeness (QED) is 0.414. The smallest absolute Gasteiger partial charge is 0.310 e. The van der Waals surface area contributed by atoms with Crippen LogP contribution in [0.3, 0.4) is 0 Å². The Hall–Kier alpha value is -1.42. The summed E-state index contributed by atoms with van der Waals surface area (Å²) in [6.07, 6.45) is 0.639. The molecule has 8 nitrogen and oxygen atoms in total. The third-order valence-electron chi connectivity index (χ3n) is 2.55. The molecule has 0 aliphatic carbocycles. The fourth-order valence-electron chi connectivity index (χ4n) is 1.53. The number of nitrogens with one attached hydrogen (secondary N) is 2. The van der Waals surface area contributed by atoms with E-state index in [2.05, 4.69) is 10.0 Å². The van der Waals surface area contributed by atoms with Crippen molar-refractivity contribution in [1.29, 1.82) is 0 Å². The number of nitrogens with zero attached hydrogens (tertiary/aromatic N) is 1. The SMILES string of the molecule is CNCCCNS(=O)(=O)c1ccc([N+](=O)[O-])c(OC)c1.Cl. The Labute approximate surface area is 129 Å². The van der Waals surface area contributed by atoms with E-state index in [1.807, 2.05) is 0 Å². The second-order valence-electron chi connectivity index (χ2n) is 3.95. The normalized spacial score (nSPS) is 10.8. The van der Waals surface area contributed by atoms with Crippen molar-refractivity contribution in [3.8, 4) is 5.75 Å². The number of nitro benzene ring substituents is 1. The number of hydrogen-bond acceptors (Lipinski definition) is 6. The molecule has 0 fully saturated rings. The first-order valence-corrected chi connectivity index (χ1v) is 7.37. The van der Waals surface area contributed by atoms with Crippen molar-refractivity contribution in [3.05, 3.63) is 28.3 Å². The molecule has 0 aromatic heterocycles. The Morgan fingerprint density at radius 1 is 1.33 bits per heavy atom. The lowest BCUT2D eigenvalue weighted by molar-refractivity contribution is -0.385. The minimum absolute atomic E-state index is 0. The molecule has 0 radical (unpaired) electrons. The average Bonchev–Trinajstić information content (AvgIpc) is 2.42. The molecule has 1 aromatic rings. The van der Waals surface area contributed by atoms with Crippen LogP contribution < -0.4 is 14.8 Å². The average molecular weight is 340 g/mol. The monoisotopic (exact) mass is 339 g/mol. The van der Waals surface area contributed by atoms with E-state index >= 15 is 0 Å². The molecule has 0 spiro atoms. The predicted octanol–water partition coefficient (Wildman–Crippen LogP) is 0.913. The second kappa shape index (κ2) is 8.78. The van der Waals surface area contributed by atoms with Gasteiger partial charge in [0.1, 0.15) is 0 Å². The maximum Gasteiger partial charge on any atom is 0.310 e. The van der Waals surface area contributed by atoms with E-state index in [-0.39, 0.29) is 35.3 Å². The molecule has 0 unspecified atom stereocenters. The summed E-state index contributed by atoms with van der Waals surface area (Å²) < 4.78 is 31.2. The molecule has 1 aromatic carbocycles. The third-order valence-corrected chi connectivity index (χ3v) is 4.01. The van der Waals surface area contributed by atoms with Crippen LogP contribution in [0.15, 0.2) is 23.1 Å². The van der Waals surface area contributed by atoms with Crippen molar-refractivity contribution in [1.82, 2.24) is 10.0 Å². The summed E-state index contributed by atoms with van der Waals surface area (Å²) in [5.41, 5.74) is -0.276. The van der Waals surface area contributed by atoms with Crippen LogP contribution in [0.2, 0.25) is 0 Å². The van der Waals surface area contributed by atoms with Crippen LogP contribution in [0.5, 0.6) is 5.75 Å². The number of methoxy groups -OCH3 is 1. The molecule has 120 valence electrons. The van der Waals surface area contributed by atoms with Crippen molar-refractivity contribution in [3.63, 3.8) is 0 Å². The highest BCUT2D eigenvalue weighted by Crippen LogP contribution is 2.29. The highest BCUT2D eigenvalue weighted by Gasteiger charge is 2.20. The Morgan fingerprint density at radius 3 is 2.52 bits per heavy atom. The molecule has 0 atom stereocenters. The number of hydrogen-bond donors (Lipinski definition) is 2. The fraction of sp³-hybridized carbons (Fsp3) is 0.455. The van der Waals surface area contributed by atoms with Crippen molar-refractivity contribution >= 4 is 28.1 Å². The molecule has 0 amide bonds.